The minimum atomic E-state index is -3.76. The van der Waals surface area contributed by atoms with Crippen molar-refractivity contribution in [2.24, 2.45) is 11.7 Å². The minimum Gasteiger partial charge on any atom is -0.494 e. The van der Waals surface area contributed by atoms with Crippen LogP contribution in [-0.4, -0.2) is 52.5 Å². The summed E-state index contributed by atoms with van der Waals surface area (Å²) < 4.78 is 36.3. The average molecular weight is 364 g/mol. The molecule has 0 radical (unpaired) electrons. The number of rotatable bonds is 8. The monoisotopic (exact) mass is 364 g/mol. The number of carbonyl (C=O) groups is 1. The number of sulfonamides is 1. The van der Waals surface area contributed by atoms with Crippen molar-refractivity contribution < 1.29 is 22.7 Å². The first kappa shape index (κ1) is 19.9. The second kappa shape index (κ2) is 8.09. The van der Waals surface area contributed by atoms with E-state index in [2.05, 4.69) is 4.74 Å². The quantitative estimate of drug-likeness (QED) is 0.703. The molecule has 2 N–H and O–H groups in total. The fraction of sp³-hybridized carbons (Fsp3) is 0.643. The molecule has 7 nitrogen and oxygen atoms in total. The van der Waals surface area contributed by atoms with Crippen LogP contribution in [0.15, 0.2) is 10.3 Å². The van der Waals surface area contributed by atoms with Crippen molar-refractivity contribution >= 4 is 27.3 Å². The van der Waals surface area contributed by atoms with Crippen LogP contribution in [0.3, 0.4) is 0 Å². The molecule has 23 heavy (non-hydrogen) atoms. The van der Waals surface area contributed by atoms with Crippen LogP contribution in [0.25, 0.3) is 0 Å². The van der Waals surface area contributed by atoms with Crippen LogP contribution in [0.4, 0.5) is 0 Å². The molecule has 0 aliphatic rings. The van der Waals surface area contributed by atoms with Crippen molar-refractivity contribution in [3.8, 4) is 5.75 Å². The summed E-state index contributed by atoms with van der Waals surface area (Å²) in [6, 6.07) is 1.29. The topological polar surface area (TPSA) is 98.9 Å². The summed E-state index contributed by atoms with van der Waals surface area (Å²) >= 11 is 0.832. The second-order valence-corrected chi connectivity index (χ2v) is 8.77. The van der Waals surface area contributed by atoms with Crippen molar-refractivity contribution in [1.29, 1.82) is 0 Å². The van der Waals surface area contributed by atoms with Gasteiger partial charge < -0.3 is 15.2 Å². The molecule has 0 spiro atoms. The predicted molar refractivity (Wildman–Crippen MR) is 89.5 cm³/mol. The molecule has 0 saturated carbocycles. The SMILES string of the molecule is COC(=O)c1cc(OC)c(S(=O)(=O)N(C)CCC(N)C(C)C)s1. The molecule has 0 saturated heterocycles. The van der Waals surface area contributed by atoms with Crippen LogP contribution in [0.1, 0.15) is 29.9 Å². The lowest BCUT2D eigenvalue weighted by Crippen LogP contribution is -2.34. The fourth-order valence-electron chi connectivity index (χ4n) is 1.81. The highest BCUT2D eigenvalue weighted by Gasteiger charge is 2.29. The Morgan fingerprint density at radius 2 is 2.00 bits per heavy atom. The van der Waals surface area contributed by atoms with Gasteiger partial charge in [-0.15, -0.1) is 11.3 Å². The van der Waals surface area contributed by atoms with Crippen LogP contribution in [0.2, 0.25) is 0 Å². The summed E-state index contributed by atoms with van der Waals surface area (Å²) in [5.74, 6) is -0.192. The van der Waals surface area contributed by atoms with Crippen LogP contribution >= 0.6 is 11.3 Å². The van der Waals surface area contributed by atoms with Gasteiger partial charge in [-0.05, 0) is 12.3 Å². The van der Waals surface area contributed by atoms with Crippen molar-refractivity contribution in [2.45, 2.75) is 30.5 Å². The first-order chi connectivity index (χ1) is 10.6. The van der Waals surface area contributed by atoms with E-state index < -0.39 is 16.0 Å². The summed E-state index contributed by atoms with van der Waals surface area (Å²) in [6.45, 7) is 4.27. The van der Waals surface area contributed by atoms with Crippen LogP contribution in [0, 0.1) is 5.92 Å². The fourth-order valence-corrected chi connectivity index (χ4v) is 4.68. The Morgan fingerprint density at radius 3 is 2.48 bits per heavy atom. The van der Waals surface area contributed by atoms with Gasteiger partial charge in [-0.2, -0.15) is 0 Å². The van der Waals surface area contributed by atoms with Crippen molar-refractivity contribution in [3.63, 3.8) is 0 Å². The van der Waals surface area contributed by atoms with Gasteiger partial charge in [0.15, 0.2) is 9.96 Å². The summed E-state index contributed by atoms with van der Waals surface area (Å²) in [5.41, 5.74) is 5.96. The summed E-state index contributed by atoms with van der Waals surface area (Å²) in [5, 5.41) is 0. The lowest BCUT2D eigenvalue weighted by Gasteiger charge is -2.21. The van der Waals surface area contributed by atoms with Crippen LogP contribution in [0.5, 0.6) is 5.75 Å². The number of ether oxygens (including phenoxy) is 2. The van der Waals surface area contributed by atoms with E-state index in [-0.39, 0.29) is 33.3 Å². The van der Waals surface area contributed by atoms with E-state index in [1.165, 1.54) is 31.6 Å². The molecule has 1 rings (SSSR count). The van der Waals surface area contributed by atoms with Gasteiger partial charge in [0.2, 0.25) is 0 Å². The van der Waals surface area contributed by atoms with Gasteiger partial charge in [0.05, 0.1) is 14.2 Å². The average Bonchev–Trinajstić information content (AvgIpc) is 2.96. The number of nitrogens with two attached hydrogens (primary N) is 1. The third kappa shape index (κ3) is 4.66. The second-order valence-electron chi connectivity index (χ2n) is 5.48. The van der Waals surface area contributed by atoms with E-state index >= 15 is 0 Å². The van der Waals surface area contributed by atoms with Crippen LogP contribution < -0.4 is 10.5 Å². The summed E-state index contributed by atoms with van der Waals surface area (Å²) in [6.07, 6.45) is 0.547. The molecule has 0 aromatic carbocycles. The number of hydrogen-bond donors (Lipinski definition) is 1. The minimum absolute atomic E-state index is 0.0129. The smallest absolute Gasteiger partial charge is 0.348 e. The molecule has 0 fully saturated rings. The number of carbonyl (C=O) groups excluding carboxylic acids is 1. The molecular formula is C14H24N2O5S2. The van der Waals surface area contributed by atoms with Gasteiger partial charge in [0.1, 0.15) is 4.88 Å². The molecule has 1 unspecified atom stereocenters. The van der Waals surface area contributed by atoms with Gasteiger partial charge in [-0.25, -0.2) is 17.5 Å². The van der Waals surface area contributed by atoms with Crippen LogP contribution in [-0.2, 0) is 14.8 Å². The Balaban J connectivity index is 3.03. The standard InChI is InChI=1S/C14H24N2O5S2/c1-9(2)10(15)6-7-16(3)23(18,19)14-11(20-4)8-12(22-14)13(17)21-5/h8-10H,6-7,15H2,1-5H3. The number of hydrogen-bond acceptors (Lipinski definition) is 7. The summed E-state index contributed by atoms with van der Waals surface area (Å²) in [4.78, 5) is 11.8. The molecule has 132 valence electrons. The van der Waals surface area contributed by atoms with Gasteiger partial charge in [0.25, 0.3) is 10.0 Å². The molecule has 0 aliphatic carbocycles. The van der Waals surface area contributed by atoms with Crippen molar-refractivity contribution in [2.75, 3.05) is 27.8 Å². The zero-order valence-electron chi connectivity index (χ0n) is 14.0. The number of esters is 1. The van der Waals surface area contributed by atoms with E-state index in [4.69, 9.17) is 10.5 Å². The maximum absolute atomic E-state index is 12.7. The number of nitrogens with zero attached hydrogens (tertiary/aromatic N) is 1. The zero-order chi connectivity index (χ0) is 17.8. The predicted octanol–water partition coefficient (Wildman–Crippen LogP) is 1.54. The molecule has 0 aliphatic heterocycles. The molecule has 0 amide bonds. The van der Waals surface area contributed by atoms with Crippen molar-refractivity contribution in [1.82, 2.24) is 4.31 Å². The Bertz CT molecular complexity index is 640. The van der Waals surface area contributed by atoms with Crippen molar-refractivity contribution in [3.05, 3.63) is 10.9 Å². The highest BCUT2D eigenvalue weighted by Crippen LogP contribution is 2.35. The number of methoxy groups -OCH3 is 2. The molecule has 1 heterocycles. The maximum Gasteiger partial charge on any atom is 0.348 e. The third-order valence-corrected chi connectivity index (χ3v) is 7.00. The Kier molecular flexibility index (Phi) is 7.00. The molecule has 9 heteroatoms. The third-order valence-electron chi connectivity index (χ3n) is 3.55. The van der Waals surface area contributed by atoms with Gasteiger partial charge in [-0.3, -0.25) is 0 Å². The zero-order valence-corrected chi connectivity index (χ0v) is 15.7. The molecule has 0 bridgehead atoms. The van der Waals surface area contributed by atoms with Gasteiger partial charge >= 0.3 is 5.97 Å². The maximum atomic E-state index is 12.7. The first-order valence-electron chi connectivity index (χ1n) is 7.13. The molecular weight excluding hydrogens is 340 g/mol. The Morgan fingerprint density at radius 1 is 1.39 bits per heavy atom. The summed E-state index contributed by atoms with van der Waals surface area (Å²) in [7, 11) is 0.321. The Hall–Kier alpha value is -1.16. The lowest BCUT2D eigenvalue weighted by atomic mass is 10.0. The van der Waals surface area contributed by atoms with E-state index in [0.717, 1.165) is 11.3 Å². The molecule has 1 aromatic heterocycles. The lowest BCUT2D eigenvalue weighted by molar-refractivity contribution is 0.0606. The Labute approximate surface area is 141 Å². The van der Waals surface area contributed by atoms with E-state index in [0.29, 0.717) is 6.42 Å². The van der Waals surface area contributed by atoms with E-state index in [1.807, 2.05) is 13.8 Å². The molecule has 1 aromatic rings. The normalized spacial score (nSPS) is 13.4. The highest BCUT2D eigenvalue weighted by molar-refractivity contribution is 7.91. The van der Waals surface area contributed by atoms with E-state index in [9.17, 15) is 13.2 Å². The molecule has 1 atom stereocenters. The number of thiophene rings is 1. The highest BCUT2D eigenvalue weighted by atomic mass is 32.2. The largest absolute Gasteiger partial charge is 0.494 e. The van der Waals surface area contributed by atoms with Gasteiger partial charge in [-0.1, -0.05) is 13.8 Å². The van der Waals surface area contributed by atoms with Gasteiger partial charge in [0, 0.05) is 25.7 Å². The van der Waals surface area contributed by atoms with E-state index in [1.54, 1.807) is 0 Å². The first-order valence-corrected chi connectivity index (χ1v) is 9.38.